The monoisotopic (exact) mass is 378 g/mol. The molecule has 6 heteroatoms. The number of hydrazone groups is 2. The van der Waals surface area contributed by atoms with Gasteiger partial charge >= 0.3 is 0 Å². The molecule has 0 aliphatic carbocycles. The molecule has 2 aromatic rings. The van der Waals surface area contributed by atoms with Crippen molar-refractivity contribution in [1.82, 2.24) is 10.9 Å². The number of nitrogens with zero attached hydrogens (tertiary/aromatic N) is 2. The van der Waals surface area contributed by atoms with Crippen molar-refractivity contribution in [3.8, 4) is 0 Å². The summed E-state index contributed by atoms with van der Waals surface area (Å²) in [7, 11) is 0. The SMILES string of the molecule is Cc1ccccc1C=NNC(=O)CCCCC(=O)NN=Cc1ccccc1C. The third kappa shape index (κ3) is 7.53. The summed E-state index contributed by atoms with van der Waals surface area (Å²) in [6, 6.07) is 15.6. The van der Waals surface area contributed by atoms with Gasteiger partial charge in [-0.1, -0.05) is 48.5 Å². The Balaban J connectivity index is 1.60. The summed E-state index contributed by atoms with van der Waals surface area (Å²) in [5.41, 5.74) is 9.14. The second-order valence-electron chi connectivity index (χ2n) is 6.51. The zero-order valence-electron chi connectivity index (χ0n) is 16.3. The van der Waals surface area contributed by atoms with Crippen LogP contribution in [0, 0.1) is 13.8 Å². The fraction of sp³-hybridized carbons (Fsp3) is 0.273. The molecule has 6 nitrogen and oxygen atoms in total. The van der Waals surface area contributed by atoms with E-state index in [0.717, 1.165) is 22.3 Å². The van der Waals surface area contributed by atoms with Crippen molar-refractivity contribution < 1.29 is 9.59 Å². The van der Waals surface area contributed by atoms with E-state index in [1.807, 2.05) is 62.4 Å². The van der Waals surface area contributed by atoms with Gasteiger partial charge in [0, 0.05) is 12.8 Å². The van der Waals surface area contributed by atoms with Crippen molar-refractivity contribution in [2.75, 3.05) is 0 Å². The van der Waals surface area contributed by atoms with E-state index >= 15 is 0 Å². The molecular weight excluding hydrogens is 352 g/mol. The Labute approximate surface area is 165 Å². The van der Waals surface area contributed by atoms with Crippen LogP contribution in [0.4, 0.5) is 0 Å². The summed E-state index contributed by atoms with van der Waals surface area (Å²) < 4.78 is 0. The van der Waals surface area contributed by atoms with Gasteiger partial charge in [0.15, 0.2) is 0 Å². The maximum absolute atomic E-state index is 11.8. The van der Waals surface area contributed by atoms with Crippen molar-refractivity contribution in [3.05, 3.63) is 70.8 Å². The van der Waals surface area contributed by atoms with Crippen LogP contribution < -0.4 is 10.9 Å². The number of hydrogen-bond acceptors (Lipinski definition) is 4. The number of nitrogens with one attached hydrogen (secondary N) is 2. The quantitative estimate of drug-likeness (QED) is 0.398. The smallest absolute Gasteiger partial charge is 0.240 e. The van der Waals surface area contributed by atoms with Gasteiger partial charge in [0.1, 0.15) is 0 Å². The minimum absolute atomic E-state index is 0.164. The van der Waals surface area contributed by atoms with Crippen LogP contribution in [0.25, 0.3) is 0 Å². The highest BCUT2D eigenvalue weighted by Crippen LogP contribution is 2.04. The highest BCUT2D eigenvalue weighted by Gasteiger charge is 2.03. The van der Waals surface area contributed by atoms with Gasteiger partial charge < -0.3 is 0 Å². The lowest BCUT2D eigenvalue weighted by molar-refractivity contribution is -0.123. The van der Waals surface area contributed by atoms with Gasteiger partial charge in [0.2, 0.25) is 11.8 Å². The van der Waals surface area contributed by atoms with E-state index in [9.17, 15) is 9.59 Å². The van der Waals surface area contributed by atoms with E-state index in [-0.39, 0.29) is 11.8 Å². The molecule has 0 aromatic heterocycles. The topological polar surface area (TPSA) is 82.9 Å². The molecular formula is C22H26N4O2. The molecule has 0 fully saturated rings. The first kappa shape index (κ1) is 21.0. The molecule has 2 rings (SSSR count). The summed E-state index contributed by atoms with van der Waals surface area (Å²) in [5, 5.41) is 7.94. The maximum atomic E-state index is 11.8. The molecule has 0 unspecified atom stereocenters. The molecule has 2 aromatic carbocycles. The largest absolute Gasteiger partial charge is 0.273 e. The maximum Gasteiger partial charge on any atom is 0.240 e. The predicted molar refractivity (Wildman–Crippen MR) is 112 cm³/mol. The van der Waals surface area contributed by atoms with Crippen molar-refractivity contribution >= 4 is 24.2 Å². The van der Waals surface area contributed by atoms with Crippen LogP contribution in [0.1, 0.15) is 47.9 Å². The summed E-state index contributed by atoms with van der Waals surface area (Å²) >= 11 is 0. The van der Waals surface area contributed by atoms with Gasteiger partial charge in [0.25, 0.3) is 0 Å². The van der Waals surface area contributed by atoms with Gasteiger partial charge in [-0.15, -0.1) is 0 Å². The number of carbonyl (C=O) groups excluding carboxylic acids is 2. The Hall–Kier alpha value is -3.28. The highest BCUT2D eigenvalue weighted by atomic mass is 16.2. The minimum Gasteiger partial charge on any atom is -0.273 e. The number of hydrogen-bond donors (Lipinski definition) is 2. The third-order valence-electron chi connectivity index (χ3n) is 4.22. The van der Waals surface area contributed by atoms with Crippen LogP contribution in [-0.2, 0) is 9.59 Å². The highest BCUT2D eigenvalue weighted by molar-refractivity contribution is 5.84. The van der Waals surface area contributed by atoms with Crippen LogP contribution in [0.3, 0.4) is 0 Å². The molecule has 2 amide bonds. The normalized spacial score (nSPS) is 11.1. The summed E-state index contributed by atoms with van der Waals surface area (Å²) in [4.78, 5) is 23.5. The zero-order chi connectivity index (χ0) is 20.2. The Morgan fingerprint density at radius 1 is 0.750 bits per heavy atom. The van der Waals surface area contributed by atoms with Gasteiger partial charge in [-0.3, -0.25) is 9.59 Å². The third-order valence-corrected chi connectivity index (χ3v) is 4.22. The van der Waals surface area contributed by atoms with Crippen molar-refractivity contribution in [2.24, 2.45) is 10.2 Å². The second kappa shape index (κ2) is 11.4. The molecule has 0 saturated heterocycles. The van der Waals surface area contributed by atoms with E-state index < -0.39 is 0 Å². The molecule has 0 heterocycles. The van der Waals surface area contributed by atoms with Crippen LogP contribution in [-0.4, -0.2) is 24.2 Å². The number of unbranched alkanes of at least 4 members (excludes halogenated alkanes) is 1. The fourth-order valence-electron chi connectivity index (χ4n) is 2.49. The van der Waals surface area contributed by atoms with E-state index in [4.69, 9.17) is 0 Å². The van der Waals surface area contributed by atoms with Gasteiger partial charge in [-0.05, 0) is 48.9 Å². The van der Waals surface area contributed by atoms with Crippen molar-refractivity contribution in [1.29, 1.82) is 0 Å². The van der Waals surface area contributed by atoms with E-state index in [1.54, 1.807) is 12.4 Å². The van der Waals surface area contributed by atoms with Crippen LogP contribution in [0.5, 0.6) is 0 Å². The van der Waals surface area contributed by atoms with Crippen molar-refractivity contribution in [2.45, 2.75) is 39.5 Å². The van der Waals surface area contributed by atoms with Crippen LogP contribution in [0.15, 0.2) is 58.7 Å². The lowest BCUT2D eigenvalue weighted by Crippen LogP contribution is -2.19. The fourth-order valence-corrected chi connectivity index (χ4v) is 2.49. The lowest BCUT2D eigenvalue weighted by Gasteiger charge is -2.02. The van der Waals surface area contributed by atoms with Gasteiger partial charge in [-0.25, -0.2) is 10.9 Å². The Bertz CT molecular complexity index is 788. The first-order valence-electron chi connectivity index (χ1n) is 9.31. The second-order valence-corrected chi connectivity index (χ2v) is 6.51. The van der Waals surface area contributed by atoms with Crippen molar-refractivity contribution in [3.63, 3.8) is 0 Å². The number of carbonyl (C=O) groups is 2. The zero-order valence-corrected chi connectivity index (χ0v) is 16.3. The van der Waals surface area contributed by atoms with Gasteiger partial charge in [0.05, 0.1) is 12.4 Å². The standard InChI is InChI=1S/C22H26N4O2/c1-17-9-3-5-11-19(17)15-23-25-21(27)13-7-8-14-22(28)26-24-16-20-12-6-4-10-18(20)2/h3-6,9-12,15-16H,7-8,13-14H2,1-2H3,(H,25,27)(H,26,28). The Morgan fingerprint density at radius 2 is 1.14 bits per heavy atom. The van der Waals surface area contributed by atoms with E-state index in [2.05, 4.69) is 21.1 Å². The first-order valence-corrected chi connectivity index (χ1v) is 9.31. The number of rotatable bonds is 9. The Kier molecular flexibility index (Phi) is 8.59. The van der Waals surface area contributed by atoms with Crippen LogP contribution >= 0.6 is 0 Å². The first-order chi connectivity index (χ1) is 13.6. The molecule has 146 valence electrons. The number of benzene rings is 2. The molecule has 0 saturated carbocycles. The van der Waals surface area contributed by atoms with E-state index in [1.165, 1.54) is 0 Å². The molecule has 0 bridgehead atoms. The molecule has 0 atom stereocenters. The number of amides is 2. The minimum atomic E-state index is -0.164. The summed E-state index contributed by atoms with van der Waals surface area (Å²) in [6.45, 7) is 3.97. The Morgan fingerprint density at radius 3 is 1.54 bits per heavy atom. The number of aryl methyl sites for hydroxylation is 2. The lowest BCUT2D eigenvalue weighted by atomic mass is 10.1. The predicted octanol–water partition coefficient (Wildman–Crippen LogP) is 3.46. The summed E-state index contributed by atoms with van der Waals surface area (Å²) in [5.74, 6) is -0.328. The average molecular weight is 378 g/mol. The molecule has 0 radical (unpaired) electrons. The van der Waals surface area contributed by atoms with E-state index in [0.29, 0.717) is 25.7 Å². The summed E-state index contributed by atoms with van der Waals surface area (Å²) in [6.07, 6.45) is 5.14. The molecule has 0 aliphatic heterocycles. The average Bonchev–Trinajstić information content (AvgIpc) is 2.68. The molecule has 0 aliphatic rings. The molecule has 2 N–H and O–H groups in total. The molecule has 0 spiro atoms. The van der Waals surface area contributed by atoms with Gasteiger partial charge in [-0.2, -0.15) is 10.2 Å². The van der Waals surface area contributed by atoms with Crippen LogP contribution in [0.2, 0.25) is 0 Å². The molecule has 28 heavy (non-hydrogen) atoms.